The first-order valence-corrected chi connectivity index (χ1v) is 5.64. The molecule has 90 valence electrons. The van der Waals surface area contributed by atoms with E-state index in [1.807, 2.05) is 6.07 Å². The Morgan fingerprint density at radius 2 is 2.24 bits per heavy atom. The average Bonchev–Trinajstić information content (AvgIpc) is 2.58. The summed E-state index contributed by atoms with van der Waals surface area (Å²) in [5.41, 5.74) is 0.922. The Morgan fingerprint density at radius 3 is 2.76 bits per heavy atom. The van der Waals surface area contributed by atoms with Crippen LogP contribution in [0.2, 0.25) is 5.02 Å². The zero-order valence-corrected chi connectivity index (χ0v) is 10.1. The molecule has 0 saturated carbocycles. The molecular weight excluding hydrogens is 242 g/mol. The first-order chi connectivity index (χ1) is 8.10. The van der Waals surface area contributed by atoms with E-state index in [0.29, 0.717) is 17.2 Å². The normalized spacial score (nSPS) is 19.3. The highest BCUT2D eigenvalue weighted by Gasteiger charge is 2.30. The summed E-state index contributed by atoms with van der Waals surface area (Å²) >= 11 is 5.99. The second-order valence-corrected chi connectivity index (χ2v) is 4.39. The number of carbonyl (C=O) groups is 2. The molecule has 1 fully saturated rings. The second-order valence-electron chi connectivity index (χ2n) is 3.99. The maximum atomic E-state index is 11.4. The molecule has 1 heterocycles. The number of halogens is 1. The minimum absolute atomic E-state index is 0.207. The predicted octanol–water partition coefficient (Wildman–Crippen LogP) is 1.55. The largest absolute Gasteiger partial charge is 0.495 e. The van der Waals surface area contributed by atoms with Gasteiger partial charge in [0.2, 0.25) is 11.8 Å². The zero-order chi connectivity index (χ0) is 12.4. The zero-order valence-electron chi connectivity index (χ0n) is 9.33. The maximum absolute atomic E-state index is 11.4. The molecule has 0 aromatic heterocycles. The predicted molar refractivity (Wildman–Crippen MR) is 63.0 cm³/mol. The molecule has 0 spiro atoms. The Morgan fingerprint density at radius 1 is 1.47 bits per heavy atom. The second kappa shape index (κ2) is 4.75. The third kappa shape index (κ3) is 2.58. The molecule has 1 aromatic carbocycles. The van der Waals surface area contributed by atoms with Crippen molar-refractivity contribution in [2.45, 2.75) is 12.8 Å². The van der Waals surface area contributed by atoms with Crippen LogP contribution >= 0.6 is 11.6 Å². The third-order valence-corrected chi connectivity index (χ3v) is 3.06. The summed E-state index contributed by atoms with van der Waals surface area (Å²) in [5, 5.41) is 2.80. The molecule has 2 amide bonds. The van der Waals surface area contributed by atoms with Gasteiger partial charge in [-0.2, -0.15) is 0 Å². The summed E-state index contributed by atoms with van der Waals surface area (Å²) in [7, 11) is 1.55. The molecule has 1 saturated heterocycles. The molecule has 0 bridgehead atoms. The Labute approximate surface area is 104 Å². The van der Waals surface area contributed by atoms with Crippen molar-refractivity contribution in [2.75, 3.05) is 7.11 Å². The van der Waals surface area contributed by atoms with Crippen molar-refractivity contribution in [3.05, 3.63) is 28.8 Å². The van der Waals surface area contributed by atoms with Gasteiger partial charge >= 0.3 is 0 Å². The molecule has 5 heteroatoms. The number of amides is 2. The van der Waals surface area contributed by atoms with Gasteiger partial charge in [0.05, 0.1) is 18.1 Å². The summed E-state index contributed by atoms with van der Waals surface area (Å²) in [5.74, 6) is -0.101. The fourth-order valence-electron chi connectivity index (χ4n) is 1.89. The van der Waals surface area contributed by atoms with Crippen molar-refractivity contribution in [3.63, 3.8) is 0 Å². The molecule has 4 nitrogen and oxygen atoms in total. The minimum atomic E-state index is -0.285. The van der Waals surface area contributed by atoms with Crippen LogP contribution in [0.25, 0.3) is 0 Å². The molecule has 17 heavy (non-hydrogen) atoms. The van der Waals surface area contributed by atoms with Crippen LogP contribution in [0.15, 0.2) is 18.2 Å². The number of benzene rings is 1. The summed E-state index contributed by atoms with van der Waals surface area (Å²) in [6.07, 6.45) is 0.768. The van der Waals surface area contributed by atoms with Crippen LogP contribution in [-0.2, 0) is 16.0 Å². The molecule has 1 unspecified atom stereocenters. The highest BCUT2D eigenvalue weighted by molar-refractivity contribution is 6.32. The van der Waals surface area contributed by atoms with Gasteiger partial charge in [-0.25, -0.2) is 0 Å². The number of hydrogen-bond donors (Lipinski definition) is 1. The van der Waals surface area contributed by atoms with Gasteiger partial charge in [0.25, 0.3) is 0 Å². The number of rotatable bonds is 3. The molecule has 2 rings (SSSR count). The maximum Gasteiger partial charge on any atom is 0.230 e. The van der Waals surface area contributed by atoms with E-state index in [1.165, 1.54) is 0 Å². The Hall–Kier alpha value is -1.55. The fourth-order valence-corrected chi connectivity index (χ4v) is 2.17. The average molecular weight is 254 g/mol. The number of hydrogen-bond acceptors (Lipinski definition) is 3. The van der Waals surface area contributed by atoms with E-state index >= 15 is 0 Å². The summed E-state index contributed by atoms with van der Waals surface area (Å²) in [6, 6.07) is 5.36. The van der Waals surface area contributed by atoms with Crippen molar-refractivity contribution < 1.29 is 14.3 Å². The first kappa shape index (κ1) is 11.9. The van der Waals surface area contributed by atoms with Crippen LogP contribution in [0.5, 0.6) is 5.75 Å². The number of nitrogens with one attached hydrogen (secondary N) is 1. The van der Waals surface area contributed by atoms with E-state index in [2.05, 4.69) is 5.32 Å². The van der Waals surface area contributed by atoms with Gasteiger partial charge < -0.3 is 4.74 Å². The van der Waals surface area contributed by atoms with Crippen LogP contribution < -0.4 is 10.1 Å². The Bertz CT molecular complexity index is 473. The van der Waals surface area contributed by atoms with Gasteiger partial charge in [-0.1, -0.05) is 17.7 Å². The molecule has 1 aliphatic heterocycles. The van der Waals surface area contributed by atoms with Crippen LogP contribution in [0, 0.1) is 5.92 Å². The van der Waals surface area contributed by atoms with Crippen molar-refractivity contribution in [3.8, 4) is 5.75 Å². The van der Waals surface area contributed by atoms with Crippen molar-refractivity contribution in [2.24, 2.45) is 5.92 Å². The van der Waals surface area contributed by atoms with Crippen molar-refractivity contribution in [1.82, 2.24) is 5.32 Å². The van der Waals surface area contributed by atoms with Gasteiger partial charge in [0.1, 0.15) is 5.75 Å². The molecular formula is C12H12ClNO3. The molecule has 1 aromatic rings. The van der Waals surface area contributed by atoms with Gasteiger partial charge in [-0.15, -0.1) is 0 Å². The number of ether oxygens (including phenoxy) is 1. The number of carbonyl (C=O) groups excluding carboxylic acids is 2. The molecule has 0 aliphatic carbocycles. The standard InChI is InChI=1S/C12H12ClNO3/c1-17-10-3-2-7(5-9(10)13)4-8-6-11(15)14-12(8)16/h2-3,5,8H,4,6H2,1H3,(H,14,15,16). The molecule has 1 aliphatic rings. The topological polar surface area (TPSA) is 55.4 Å². The summed E-state index contributed by atoms with van der Waals surface area (Å²) in [4.78, 5) is 22.5. The monoisotopic (exact) mass is 253 g/mol. The lowest BCUT2D eigenvalue weighted by Gasteiger charge is -2.08. The minimum Gasteiger partial charge on any atom is -0.495 e. The molecule has 0 radical (unpaired) electrons. The SMILES string of the molecule is COc1ccc(CC2CC(=O)NC2=O)cc1Cl. The van der Waals surface area contributed by atoms with Crippen molar-refractivity contribution in [1.29, 1.82) is 0 Å². The van der Waals surface area contributed by atoms with Crippen LogP contribution in [0.4, 0.5) is 0 Å². The number of imide groups is 1. The van der Waals surface area contributed by atoms with Crippen LogP contribution in [0.1, 0.15) is 12.0 Å². The summed E-state index contributed by atoms with van der Waals surface area (Å²) in [6.45, 7) is 0. The van der Waals surface area contributed by atoms with Crippen LogP contribution in [0.3, 0.4) is 0 Å². The highest BCUT2D eigenvalue weighted by atomic mass is 35.5. The first-order valence-electron chi connectivity index (χ1n) is 5.26. The lowest BCUT2D eigenvalue weighted by atomic mass is 9.98. The van der Waals surface area contributed by atoms with E-state index in [-0.39, 0.29) is 24.2 Å². The van der Waals surface area contributed by atoms with Crippen LogP contribution in [-0.4, -0.2) is 18.9 Å². The van der Waals surface area contributed by atoms with Gasteiger partial charge in [0, 0.05) is 6.42 Å². The van der Waals surface area contributed by atoms with E-state index in [1.54, 1.807) is 19.2 Å². The van der Waals surface area contributed by atoms with E-state index in [9.17, 15) is 9.59 Å². The highest BCUT2D eigenvalue weighted by Crippen LogP contribution is 2.27. The van der Waals surface area contributed by atoms with Gasteiger partial charge in [-0.05, 0) is 24.1 Å². The summed E-state index contributed by atoms with van der Waals surface area (Å²) < 4.78 is 5.04. The molecule has 1 N–H and O–H groups in total. The number of methoxy groups -OCH3 is 1. The smallest absolute Gasteiger partial charge is 0.230 e. The lowest BCUT2D eigenvalue weighted by molar-refractivity contribution is -0.125. The van der Waals surface area contributed by atoms with Gasteiger partial charge in [0.15, 0.2) is 0 Å². The quantitative estimate of drug-likeness (QED) is 0.832. The fraction of sp³-hybridized carbons (Fsp3) is 0.333. The van der Waals surface area contributed by atoms with E-state index in [4.69, 9.17) is 16.3 Å². The van der Waals surface area contributed by atoms with E-state index in [0.717, 1.165) is 5.56 Å². The van der Waals surface area contributed by atoms with Crippen molar-refractivity contribution >= 4 is 23.4 Å². The Balaban J connectivity index is 2.11. The lowest BCUT2D eigenvalue weighted by Crippen LogP contribution is -2.22. The molecule has 1 atom stereocenters. The van der Waals surface area contributed by atoms with Gasteiger partial charge in [-0.3, -0.25) is 14.9 Å². The third-order valence-electron chi connectivity index (χ3n) is 2.76. The Kier molecular flexibility index (Phi) is 3.33. The van der Waals surface area contributed by atoms with E-state index < -0.39 is 0 Å².